The molecule has 9 heteroatoms. The van der Waals surface area contributed by atoms with Gasteiger partial charge in [0.1, 0.15) is 11.5 Å². The first-order valence-electron chi connectivity index (χ1n) is 7.68. The minimum absolute atomic E-state index is 0.191. The second kappa shape index (κ2) is 7.39. The van der Waals surface area contributed by atoms with Gasteiger partial charge in [0, 0.05) is 30.9 Å². The van der Waals surface area contributed by atoms with Crippen LogP contribution in [-0.4, -0.2) is 27.5 Å². The van der Waals surface area contributed by atoms with Gasteiger partial charge in [-0.1, -0.05) is 0 Å². The van der Waals surface area contributed by atoms with E-state index >= 15 is 0 Å². The van der Waals surface area contributed by atoms with Crippen LogP contribution in [0.25, 0.3) is 0 Å². The van der Waals surface area contributed by atoms with Crippen LogP contribution in [-0.2, 0) is 16.1 Å². The highest BCUT2D eigenvalue weighted by molar-refractivity contribution is 6.43. The summed E-state index contributed by atoms with van der Waals surface area (Å²) in [5, 5.41) is 9.67. The number of rotatable bonds is 5. The van der Waals surface area contributed by atoms with Crippen molar-refractivity contribution in [2.45, 2.75) is 19.4 Å². The highest BCUT2D eigenvalue weighted by atomic mass is 16.2. The second-order valence-corrected chi connectivity index (χ2v) is 5.37. The minimum Gasteiger partial charge on any atom is -0.382 e. The molecule has 2 amide bonds. The Morgan fingerprint density at radius 2 is 2.12 bits per heavy atom. The molecule has 2 aromatic rings. The molecular weight excluding hydrogens is 322 g/mol. The largest absolute Gasteiger partial charge is 0.382 e. The lowest BCUT2D eigenvalue weighted by molar-refractivity contribution is -0.121. The summed E-state index contributed by atoms with van der Waals surface area (Å²) in [7, 11) is 0. The second-order valence-electron chi connectivity index (χ2n) is 5.37. The van der Waals surface area contributed by atoms with Gasteiger partial charge in [0.2, 0.25) is 5.91 Å². The molecule has 0 atom stereocenters. The van der Waals surface area contributed by atoms with Crippen molar-refractivity contribution >= 4 is 34.7 Å². The summed E-state index contributed by atoms with van der Waals surface area (Å²) in [6.45, 7) is 0.427. The van der Waals surface area contributed by atoms with Crippen LogP contribution in [0.2, 0.25) is 0 Å². The summed E-state index contributed by atoms with van der Waals surface area (Å²) in [5.41, 5.74) is 10.4. The third kappa shape index (κ3) is 4.28. The van der Waals surface area contributed by atoms with E-state index in [4.69, 9.17) is 5.73 Å². The van der Waals surface area contributed by atoms with Gasteiger partial charge in [0.25, 0.3) is 5.91 Å². The predicted octanol–water partition coefficient (Wildman–Crippen LogP) is 0.875. The number of hydrazone groups is 1. The number of aromatic nitrogens is 2. The van der Waals surface area contributed by atoms with Crippen molar-refractivity contribution in [1.82, 2.24) is 15.4 Å². The molecule has 0 bridgehead atoms. The number of nitrogens with one attached hydrogen (secondary N) is 3. The van der Waals surface area contributed by atoms with Gasteiger partial charge in [-0.05, 0) is 24.3 Å². The average molecular weight is 339 g/mol. The van der Waals surface area contributed by atoms with Gasteiger partial charge in [0.15, 0.2) is 0 Å². The van der Waals surface area contributed by atoms with E-state index in [9.17, 15) is 9.59 Å². The molecule has 5 N–H and O–H groups in total. The Kier molecular flexibility index (Phi) is 4.84. The van der Waals surface area contributed by atoms with Crippen LogP contribution >= 0.6 is 0 Å². The van der Waals surface area contributed by atoms with Crippen molar-refractivity contribution in [3.05, 3.63) is 42.4 Å². The number of hydrogen-bond acceptors (Lipinski definition) is 7. The van der Waals surface area contributed by atoms with Gasteiger partial charge in [-0.3, -0.25) is 14.6 Å². The van der Waals surface area contributed by atoms with Crippen LogP contribution in [0.15, 0.2) is 41.8 Å². The molecule has 0 saturated heterocycles. The molecule has 0 radical (unpaired) electrons. The Morgan fingerprint density at radius 1 is 1.24 bits per heavy atom. The van der Waals surface area contributed by atoms with E-state index in [1.54, 1.807) is 30.6 Å². The average Bonchev–Trinajstić information content (AvgIpc) is 2.62. The fraction of sp³-hybridized carbons (Fsp3) is 0.188. The van der Waals surface area contributed by atoms with Gasteiger partial charge < -0.3 is 16.4 Å². The van der Waals surface area contributed by atoms with Crippen molar-refractivity contribution in [1.29, 1.82) is 0 Å². The first-order valence-corrected chi connectivity index (χ1v) is 7.68. The third-order valence-corrected chi connectivity index (χ3v) is 3.54. The molecule has 0 saturated carbocycles. The molecule has 0 spiro atoms. The maximum atomic E-state index is 12.2. The summed E-state index contributed by atoms with van der Waals surface area (Å²) in [5.74, 6) is -0.130. The lowest BCUT2D eigenvalue weighted by atomic mass is 10.1. The Balaban J connectivity index is 1.62. The lowest BCUT2D eigenvalue weighted by Gasteiger charge is -2.12. The van der Waals surface area contributed by atoms with Crippen LogP contribution in [0.3, 0.4) is 0 Å². The Morgan fingerprint density at radius 3 is 2.88 bits per heavy atom. The quantitative estimate of drug-likeness (QED) is 0.638. The third-order valence-electron chi connectivity index (χ3n) is 3.54. The van der Waals surface area contributed by atoms with Gasteiger partial charge in [-0.15, -0.1) is 0 Å². The topological polar surface area (TPSA) is 134 Å². The maximum absolute atomic E-state index is 12.2. The van der Waals surface area contributed by atoms with E-state index in [-0.39, 0.29) is 18.2 Å². The Labute approximate surface area is 143 Å². The van der Waals surface area contributed by atoms with Crippen molar-refractivity contribution in [2.24, 2.45) is 5.10 Å². The number of nitrogen functional groups attached to an aromatic ring is 1. The minimum atomic E-state index is -0.346. The van der Waals surface area contributed by atoms with Gasteiger partial charge >= 0.3 is 0 Å². The van der Waals surface area contributed by atoms with Crippen molar-refractivity contribution in [3.63, 3.8) is 0 Å². The molecule has 1 aliphatic rings. The molecule has 2 aromatic heterocycles. The molecule has 25 heavy (non-hydrogen) atoms. The number of amides is 2. The van der Waals surface area contributed by atoms with Gasteiger partial charge in [-0.2, -0.15) is 5.10 Å². The summed E-state index contributed by atoms with van der Waals surface area (Å²) in [6, 6.07) is 7.04. The van der Waals surface area contributed by atoms with Crippen LogP contribution in [0.4, 0.5) is 17.2 Å². The molecule has 0 fully saturated rings. The number of hydrogen-bond donors (Lipinski definition) is 4. The van der Waals surface area contributed by atoms with Crippen LogP contribution in [0.5, 0.6) is 0 Å². The highest BCUT2D eigenvalue weighted by Gasteiger charge is 2.18. The number of carbonyl (C=O) groups is 2. The lowest BCUT2D eigenvalue weighted by Crippen LogP contribution is -2.32. The summed E-state index contributed by atoms with van der Waals surface area (Å²) in [6.07, 6.45) is 3.79. The zero-order valence-corrected chi connectivity index (χ0v) is 13.3. The standard InChI is InChI=1S/C16H17N7O2/c17-15-12(2-1-6-19-15)20-9-11-8-10(5-7-18-11)21-16(25)13-3-4-14(24)23-22-13/h1-2,5-8,20H,3-4,9H2,(H2,17,19)(H,23,24)(H,18,21,25). The Bertz CT molecular complexity index is 835. The van der Waals surface area contributed by atoms with E-state index in [1.165, 1.54) is 0 Å². The first kappa shape index (κ1) is 16.4. The van der Waals surface area contributed by atoms with Gasteiger partial charge in [0.05, 0.1) is 17.9 Å². The van der Waals surface area contributed by atoms with Crippen molar-refractivity contribution in [3.8, 4) is 0 Å². The molecule has 128 valence electrons. The molecular formula is C16H17N7O2. The summed E-state index contributed by atoms with van der Waals surface area (Å²) < 4.78 is 0. The normalized spacial score (nSPS) is 13.6. The van der Waals surface area contributed by atoms with E-state index in [0.717, 1.165) is 5.69 Å². The molecule has 3 heterocycles. The van der Waals surface area contributed by atoms with E-state index < -0.39 is 0 Å². The van der Waals surface area contributed by atoms with Gasteiger partial charge in [-0.25, -0.2) is 10.4 Å². The number of nitrogens with two attached hydrogens (primary N) is 1. The Hall–Kier alpha value is -3.49. The molecule has 9 nitrogen and oxygen atoms in total. The van der Waals surface area contributed by atoms with Crippen molar-refractivity contribution in [2.75, 3.05) is 16.4 Å². The predicted molar refractivity (Wildman–Crippen MR) is 93.7 cm³/mol. The number of anilines is 3. The fourth-order valence-corrected chi connectivity index (χ4v) is 2.25. The van der Waals surface area contributed by atoms with Crippen LogP contribution in [0, 0.1) is 0 Å². The van der Waals surface area contributed by atoms with E-state index in [1.807, 2.05) is 6.07 Å². The zero-order valence-electron chi connectivity index (χ0n) is 13.3. The zero-order chi connectivity index (χ0) is 17.6. The fourth-order valence-electron chi connectivity index (χ4n) is 2.25. The van der Waals surface area contributed by atoms with Crippen LogP contribution < -0.4 is 21.8 Å². The van der Waals surface area contributed by atoms with E-state index in [0.29, 0.717) is 35.9 Å². The number of pyridine rings is 2. The summed E-state index contributed by atoms with van der Waals surface area (Å²) in [4.78, 5) is 31.5. The van der Waals surface area contributed by atoms with E-state index in [2.05, 4.69) is 31.1 Å². The molecule has 0 unspecified atom stereocenters. The smallest absolute Gasteiger partial charge is 0.271 e. The number of carbonyl (C=O) groups excluding carboxylic acids is 2. The monoisotopic (exact) mass is 339 g/mol. The van der Waals surface area contributed by atoms with Crippen molar-refractivity contribution < 1.29 is 9.59 Å². The molecule has 0 aliphatic carbocycles. The summed E-state index contributed by atoms with van der Waals surface area (Å²) >= 11 is 0. The molecule has 3 rings (SSSR count). The molecule has 1 aliphatic heterocycles. The highest BCUT2D eigenvalue weighted by Crippen LogP contribution is 2.16. The maximum Gasteiger partial charge on any atom is 0.271 e. The first-order chi connectivity index (χ1) is 12.1. The molecule has 0 aromatic carbocycles. The SMILES string of the molecule is Nc1ncccc1NCc1cc(NC(=O)C2=NNC(=O)CC2)ccn1. The number of nitrogens with zero attached hydrogens (tertiary/aromatic N) is 3. The van der Waals surface area contributed by atoms with Crippen LogP contribution in [0.1, 0.15) is 18.5 Å².